The number of benzene rings is 1. The van der Waals surface area contributed by atoms with Gasteiger partial charge in [0.15, 0.2) is 11.4 Å². The summed E-state index contributed by atoms with van der Waals surface area (Å²) in [5.41, 5.74) is 0.476. The second-order valence-electron chi connectivity index (χ2n) is 3.19. The van der Waals surface area contributed by atoms with Gasteiger partial charge >= 0.3 is 0 Å². The van der Waals surface area contributed by atoms with Crippen LogP contribution < -0.4 is 4.74 Å². The SMILES string of the molecule is COc1ccc(Sc2ncc(C=O)cn2)cc1. The molecule has 0 aliphatic carbocycles. The van der Waals surface area contributed by atoms with Crippen LogP contribution in [-0.2, 0) is 0 Å². The Balaban J connectivity index is 2.10. The zero-order chi connectivity index (χ0) is 12.1. The van der Waals surface area contributed by atoms with Gasteiger partial charge in [-0.05, 0) is 36.0 Å². The van der Waals surface area contributed by atoms with Crippen molar-refractivity contribution in [3.05, 3.63) is 42.2 Å². The minimum atomic E-state index is 0.476. The molecule has 0 atom stereocenters. The summed E-state index contributed by atoms with van der Waals surface area (Å²) < 4.78 is 5.07. The van der Waals surface area contributed by atoms with Crippen LogP contribution in [0.2, 0.25) is 0 Å². The van der Waals surface area contributed by atoms with Gasteiger partial charge in [-0.1, -0.05) is 0 Å². The summed E-state index contributed by atoms with van der Waals surface area (Å²) in [5.74, 6) is 0.812. The highest BCUT2D eigenvalue weighted by Gasteiger charge is 2.01. The Morgan fingerprint density at radius 3 is 2.35 bits per heavy atom. The number of aldehydes is 1. The molecule has 1 heterocycles. The van der Waals surface area contributed by atoms with Gasteiger partial charge in [0.1, 0.15) is 5.75 Å². The molecule has 17 heavy (non-hydrogen) atoms. The van der Waals surface area contributed by atoms with Crippen LogP contribution in [-0.4, -0.2) is 23.4 Å². The number of ether oxygens (including phenoxy) is 1. The number of hydrogen-bond acceptors (Lipinski definition) is 5. The van der Waals surface area contributed by atoms with Crippen LogP contribution in [0.1, 0.15) is 10.4 Å². The molecule has 0 bridgehead atoms. The number of nitrogens with zero attached hydrogens (tertiary/aromatic N) is 2. The zero-order valence-corrected chi connectivity index (χ0v) is 9.98. The van der Waals surface area contributed by atoms with Crippen LogP contribution in [0.15, 0.2) is 46.7 Å². The molecule has 0 aliphatic heterocycles. The van der Waals surface area contributed by atoms with Gasteiger partial charge in [-0.3, -0.25) is 4.79 Å². The number of hydrogen-bond donors (Lipinski definition) is 0. The molecule has 0 N–H and O–H groups in total. The molecule has 5 heteroatoms. The molecular formula is C12H10N2O2S. The maximum absolute atomic E-state index is 10.4. The summed E-state index contributed by atoms with van der Waals surface area (Å²) >= 11 is 1.43. The molecule has 4 nitrogen and oxygen atoms in total. The topological polar surface area (TPSA) is 52.1 Å². The maximum Gasteiger partial charge on any atom is 0.192 e. The van der Waals surface area contributed by atoms with Crippen molar-refractivity contribution in [2.45, 2.75) is 10.1 Å². The highest BCUT2D eigenvalue weighted by atomic mass is 32.2. The Morgan fingerprint density at radius 1 is 1.18 bits per heavy atom. The first-order valence-corrected chi connectivity index (χ1v) is 5.72. The number of carbonyl (C=O) groups is 1. The van der Waals surface area contributed by atoms with Crippen molar-refractivity contribution in [1.82, 2.24) is 9.97 Å². The lowest BCUT2D eigenvalue weighted by atomic mass is 10.3. The lowest BCUT2D eigenvalue weighted by Gasteiger charge is -2.02. The average Bonchev–Trinajstić information content (AvgIpc) is 2.40. The Labute approximate surface area is 103 Å². The molecule has 0 unspecified atom stereocenters. The van der Waals surface area contributed by atoms with Gasteiger partial charge < -0.3 is 4.74 Å². The highest BCUT2D eigenvalue weighted by molar-refractivity contribution is 7.99. The number of methoxy groups -OCH3 is 1. The molecule has 0 amide bonds. The molecule has 1 aromatic carbocycles. The van der Waals surface area contributed by atoms with E-state index in [1.165, 1.54) is 24.2 Å². The van der Waals surface area contributed by atoms with Crippen molar-refractivity contribution in [2.24, 2.45) is 0 Å². The number of rotatable bonds is 4. The Morgan fingerprint density at radius 2 is 1.82 bits per heavy atom. The quantitative estimate of drug-likeness (QED) is 0.612. The normalized spacial score (nSPS) is 9.94. The fourth-order valence-corrected chi connectivity index (χ4v) is 1.88. The van der Waals surface area contributed by atoms with E-state index in [2.05, 4.69) is 9.97 Å². The van der Waals surface area contributed by atoms with E-state index in [9.17, 15) is 4.79 Å². The minimum absolute atomic E-state index is 0.476. The van der Waals surface area contributed by atoms with E-state index in [4.69, 9.17) is 4.74 Å². The van der Waals surface area contributed by atoms with Crippen LogP contribution in [0.25, 0.3) is 0 Å². The fourth-order valence-electron chi connectivity index (χ4n) is 1.19. The first kappa shape index (κ1) is 11.6. The van der Waals surface area contributed by atoms with Gasteiger partial charge in [0.2, 0.25) is 0 Å². The molecule has 2 rings (SSSR count). The van der Waals surface area contributed by atoms with Gasteiger partial charge in [-0.15, -0.1) is 0 Å². The molecule has 86 valence electrons. The van der Waals surface area contributed by atoms with Crippen molar-refractivity contribution in [3.8, 4) is 5.75 Å². The molecule has 0 spiro atoms. The third-order valence-corrected chi connectivity index (χ3v) is 2.95. The molecule has 0 aliphatic rings. The smallest absolute Gasteiger partial charge is 0.192 e. The van der Waals surface area contributed by atoms with Crippen LogP contribution in [0, 0.1) is 0 Å². The van der Waals surface area contributed by atoms with E-state index in [-0.39, 0.29) is 0 Å². The van der Waals surface area contributed by atoms with Crippen molar-refractivity contribution >= 4 is 18.0 Å². The second-order valence-corrected chi connectivity index (χ2v) is 4.24. The maximum atomic E-state index is 10.4. The summed E-state index contributed by atoms with van der Waals surface area (Å²) in [6, 6.07) is 7.62. The van der Waals surface area contributed by atoms with Crippen LogP contribution in [0.4, 0.5) is 0 Å². The Bertz CT molecular complexity index is 497. The Kier molecular flexibility index (Phi) is 3.72. The largest absolute Gasteiger partial charge is 0.497 e. The minimum Gasteiger partial charge on any atom is -0.497 e. The summed E-state index contributed by atoms with van der Waals surface area (Å²) in [5, 5.41) is 0.612. The molecule has 0 saturated carbocycles. The van der Waals surface area contributed by atoms with E-state index in [1.54, 1.807) is 7.11 Å². The van der Waals surface area contributed by atoms with Crippen molar-refractivity contribution in [2.75, 3.05) is 7.11 Å². The predicted molar refractivity (Wildman–Crippen MR) is 64.5 cm³/mol. The average molecular weight is 246 g/mol. The van der Waals surface area contributed by atoms with E-state index in [1.807, 2.05) is 24.3 Å². The molecular weight excluding hydrogens is 236 g/mol. The zero-order valence-electron chi connectivity index (χ0n) is 9.16. The number of carbonyl (C=O) groups excluding carboxylic acids is 1. The van der Waals surface area contributed by atoms with Gasteiger partial charge in [0, 0.05) is 17.3 Å². The van der Waals surface area contributed by atoms with Gasteiger partial charge in [0.05, 0.1) is 12.7 Å². The monoisotopic (exact) mass is 246 g/mol. The predicted octanol–water partition coefficient (Wildman–Crippen LogP) is 2.45. The molecule has 0 saturated heterocycles. The third-order valence-electron chi connectivity index (χ3n) is 2.05. The van der Waals surface area contributed by atoms with Crippen molar-refractivity contribution < 1.29 is 9.53 Å². The van der Waals surface area contributed by atoms with Crippen LogP contribution in [0.3, 0.4) is 0 Å². The Hall–Kier alpha value is -1.88. The lowest BCUT2D eigenvalue weighted by Crippen LogP contribution is -1.89. The van der Waals surface area contributed by atoms with E-state index in [0.29, 0.717) is 10.7 Å². The summed E-state index contributed by atoms with van der Waals surface area (Å²) in [6.07, 6.45) is 3.74. The summed E-state index contributed by atoms with van der Waals surface area (Å²) in [7, 11) is 1.63. The highest BCUT2D eigenvalue weighted by Crippen LogP contribution is 2.25. The molecule has 2 aromatic rings. The van der Waals surface area contributed by atoms with Gasteiger partial charge in [0.25, 0.3) is 0 Å². The summed E-state index contributed by atoms with van der Waals surface area (Å²) in [4.78, 5) is 19.6. The van der Waals surface area contributed by atoms with Crippen molar-refractivity contribution in [3.63, 3.8) is 0 Å². The first-order chi connectivity index (χ1) is 8.31. The first-order valence-electron chi connectivity index (χ1n) is 4.91. The molecule has 1 aromatic heterocycles. The van der Waals surface area contributed by atoms with E-state index >= 15 is 0 Å². The van der Waals surface area contributed by atoms with Gasteiger partial charge in [-0.2, -0.15) is 0 Å². The third kappa shape index (κ3) is 3.04. The molecule has 0 radical (unpaired) electrons. The fraction of sp³-hybridized carbons (Fsp3) is 0.0833. The molecule has 0 fully saturated rings. The van der Waals surface area contributed by atoms with Crippen LogP contribution >= 0.6 is 11.8 Å². The summed E-state index contributed by atoms with van der Waals surface area (Å²) in [6.45, 7) is 0. The van der Waals surface area contributed by atoms with E-state index in [0.717, 1.165) is 16.9 Å². The standard InChI is InChI=1S/C12H10N2O2S/c1-16-10-2-4-11(5-3-10)17-12-13-6-9(8-15)7-14-12/h2-8H,1H3. The van der Waals surface area contributed by atoms with Crippen molar-refractivity contribution in [1.29, 1.82) is 0 Å². The van der Waals surface area contributed by atoms with E-state index < -0.39 is 0 Å². The lowest BCUT2D eigenvalue weighted by molar-refractivity contribution is 0.112. The number of aromatic nitrogens is 2. The van der Waals surface area contributed by atoms with Crippen LogP contribution in [0.5, 0.6) is 5.75 Å². The van der Waals surface area contributed by atoms with Gasteiger partial charge in [-0.25, -0.2) is 9.97 Å². The second kappa shape index (κ2) is 5.45.